The van der Waals surface area contributed by atoms with Crippen molar-refractivity contribution >= 4 is 23.6 Å². The maximum Gasteiger partial charge on any atom is 0.177 e. The van der Waals surface area contributed by atoms with E-state index in [0.29, 0.717) is 0 Å². The minimum atomic E-state index is 0.106. The molecule has 2 rings (SSSR count). The monoisotopic (exact) mass is 280 g/mol. The van der Waals surface area contributed by atoms with Gasteiger partial charge in [-0.1, -0.05) is 20.8 Å². The molecular formula is C14H20N2S2. The molecule has 2 nitrogen and oxygen atoms in total. The first-order valence-electron chi connectivity index (χ1n) is 6.13. The molecule has 0 atom stereocenters. The first-order chi connectivity index (χ1) is 8.29. The van der Waals surface area contributed by atoms with Crippen LogP contribution in [0.3, 0.4) is 0 Å². The van der Waals surface area contributed by atoms with Crippen LogP contribution in [0.4, 0.5) is 0 Å². The number of hydrogen-bond donors (Lipinski definition) is 1. The number of imidazole rings is 1. The summed E-state index contributed by atoms with van der Waals surface area (Å²) in [6.45, 7) is 11.8. The zero-order valence-corrected chi connectivity index (χ0v) is 13.3. The van der Waals surface area contributed by atoms with E-state index in [-0.39, 0.29) is 5.41 Å². The standard InChI is InChI=1S/C14H20N2S2/c1-9-6-11(18-10(9)2)8-16-12(14(3,4)5)7-15-13(16)17/h6-7H,8H2,1-5H3,(H,15,17). The molecule has 0 aliphatic heterocycles. The van der Waals surface area contributed by atoms with Crippen LogP contribution in [0, 0.1) is 18.6 Å². The van der Waals surface area contributed by atoms with Crippen molar-refractivity contribution in [1.82, 2.24) is 9.55 Å². The summed E-state index contributed by atoms with van der Waals surface area (Å²) in [6, 6.07) is 2.27. The molecular weight excluding hydrogens is 260 g/mol. The van der Waals surface area contributed by atoms with Crippen LogP contribution >= 0.6 is 23.6 Å². The van der Waals surface area contributed by atoms with E-state index in [4.69, 9.17) is 12.2 Å². The van der Waals surface area contributed by atoms with Gasteiger partial charge in [-0.25, -0.2) is 0 Å². The van der Waals surface area contributed by atoms with E-state index in [1.807, 2.05) is 17.5 Å². The van der Waals surface area contributed by atoms with Crippen LogP contribution in [0.2, 0.25) is 0 Å². The second-order valence-electron chi connectivity index (χ2n) is 5.77. The molecule has 1 N–H and O–H groups in total. The van der Waals surface area contributed by atoms with E-state index in [2.05, 4.69) is 50.2 Å². The second-order valence-corrected chi connectivity index (χ2v) is 7.49. The van der Waals surface area contributed by atoms with Gasteiger partial charge in [0.25, 0.3) is 0 Å². The van der Waals surface area contributed by atoms with Crippen molar-refractivity contribution in [2.75, 3.05) is 0 Å². The number of aromatic amines is 1. The molecule has 0 aromatic carbocycles. The highest BCUT2D eigenvalue weighted by Crippen LogP contribution is 2.26. The van der Waals surface area contributed by atoms with Crippen molar-refractivity contribution < 1.29 is 0 Å². The first-order valence-corrected chi connectivity index (χ1v) is 7.36. The molecule has 0 spiro atoms. The van der Waals surface area contributed by atoms with E-state index < -0.39 is 0 Å². The number of thiophene rings is 1. The van der Waals surface area contributed by atoms with E-state index in [1.54, 1.807) is 0 Å². The third-order valence-corrected chi connectivity index (χ3v) is 4.64. The van der Waals surface area contributed by atoms with Crippen LogP contribution in [-0.2, 0) is 12.0 Å². The van der Waals surface area contributed by atoms with Gasteiger partial charge in [-0.3, -0.25) is 0 Å². The molecule has 2 aromatic rings. The number of H-pyrrole nitrogens is 1. The molecule has 0 saturated carbocycles. The molecule has 2 aromatic heterocycles. The molecule has 2 heterocycles. The number of aromatic nitrogens is 2. The van der Waals surface area contributed by atoms with Crippen molar-refractivity contribution in [2.45, 2.75) is 46.6 Å². The lowest BCUT2D eigenvalue weighted by atomic mass is 9.92. The molecule has 0 aliphatic rings. The van der Waals surface area contributed by atoms with Gasteiger partial charge >= 0.3 is 0 Å². The number of nitrogens with zero attached hydrogens (tertiary/aromatic N) is 1. The summed E-state index contributed by atoms with van der Waals surface area (Å²) in [5.74, 6) is 0. The summed E-state index contributed by atoms with van der Waals surface area (Å²) in [5, 5.41) is 0. The van der Waals surface area contributed by atoms with Gasteiger partial charge in [-0.15, -0.1) is 11.3 Å². The van der Waals surface area contributed by atoms with Gasteiger partial charge in [0.05, 0.1) is 6.54 Å². The Hall–Kier alpha value is -0.870. The molecule has 0 bridgehead atoms. The molecule has 18 heavy (non-hydrogen) atoms. The summed E-state index contributed by atoms with van der Waals surface area (Å²) >= 11 is 7.25. The zero-order chi connectivity index (χ0) is 13.5. The average Bonchev–Trinajstić information content (AvgIpc) is 2.73. The number of aryl methyl sites for hydroxylation is 2. The molecule has 0 saturated heterocycles. The maximum atomic E-state index is 5.39. The molecule has 0 amide bonds. The second kappa shape index (κ2) is 4.67. The predicted molar refractivity (Wildman–Crippen MR) is 81.2 cm³/mol. The average molecular weight is 280 g/mol. The quantitative estimate of drug-likeness (QED) is 0.799. The van der Waals surface area contributed by atoms with Crippen molar-refractivity contribution in [1.29, 1.82) is 0 Å². The number of rotatable bonds is 2. The molecule has 4 heteroatoms. The Morgan fingerprint density at radius 1 is 1.33 bits per heavy atom. The summed E-state index contributed by atoms with van der Waals surface area (Å²) < 4.78 is 3.02. The predicted octanol–water partition coefficient (Wildman–Crippen LogP) is 4.57. The van der Waals surface area contributed by atoms with Crippen molar-refractivity contribution in [3.63, 3.8) is 0 Å². The first kappa shape index (κ1) is 13.6. The Labute approximate surface area is 118 Å². The third-order valence-electron chi connectivity index (χ3n) is 3.17. The zero-order valence-electron chi connectivity index (χ0n) is 11.6. The topological polar surface area (TPSA) is 20.7 Å². The lowest BCUT2D eigenvalue weighted by Crippen LogP contribution is -2.17. The van der Waals surface area contributed by atoms with Crippen LogP contribution in [0.5, 0.6) is 0 Å². The molecule has 98 valence electrons. The van der Waals surface area contributed by atoms with Gasteiger partial charge in [-0.2, -0.15) is 0 Å². The molecule has 0 radical (unpaired) electrons. The fourth-order valence-corrected chi connectivity index (χ4v) is 3.32. The Morgan fingerprint density at radius 2 is 2.00 bits per heavy atom. The largest absolute Gasteiger partial charge is 0.337 e. The molecule has 0 aliphatic carbocycles. The molecule has 0 fully saturated rings. The Morgan fingerprint density at radius 3 is 2.50 bits per heavy atom. The normalized spacial score (nSPS) is 12.1. The fraction of sp³-hybridized carbons (Fsp3) is 0.500. The van der Waals surface area contributed by atoms with E-state index in [9.17, 15) is 0 Å². The van der Waals surface area contributed by atoms with Crippen LogP contribution < -0.4 is 0 Å². The lowest BCUT2D eigenvalue weighted by molar-refractivity contribution is 0.530. The minimum Gasteiger partial charge on any atom is -0.337 e. The van der Waals surface area contributed by atoms with Crippen LogP contribution in [0.1, 0.15) is 41.8 Å². The smallest absolute Gasteiger partial charge is 0.177 e. The Bertz CT molecular complexity index is 589. The van der Waals surface area contributed by atoms with E-state index in [1.165, 1.54) is 21.0 Å². The SMILES string of the molecule is Cc1cc(Cn2c(C(C)(C)C)c[nH]c2=S)sc1C. The van der Waals surface area contributed by atoms with E-state index >= 15 is 0 Å². The summed E-state index contributed by atoms with van der Waals surface area (Å²) in [4.78, 5) is 5.93. The Kier molecular flexibility index (Phi) is 3.52. The summed E-state index contributed by atoms with van der Waals surface area (Å²) in [6.07, 6.45) is 2.04. The van der Waals surface area contributed by atoms with Gasteiger partial charge in [-0.05, 0) is 37.7 Å². The Balaban J connectivity index is 2.40. The van der Waals surface area contributed by atoms with Crippen LogP contribution in [-0.4, -0.2) is 9.55 Å². The minimum absolute atomic E-state index is 0.106. The maximum absolute atomic E-state index is 5.39. The van der Waals surface area contributed by atoms with E-state index in [0.717, 1.165) is 11.3 Å². The van der Waals surface area contributed by atoms with Gasteiger partial charge < -0.3 is 9.55 Å². The van der Waals surface area contributed by atoms with Gasteiger partial charge in [0.1, 0.15) is 0 Å². The van der Waals surface area contributed by atoms with Crippen molar-refractivity contribution in [2.24, 2.45) is 0 Å². The molecule has 0 unspecified atom stereocenters. The van der Waals surface area contributed by atoms with Gasteiger partial charge in [0, 0.05) is 27.1 Å². The summed E-state index contributed by atoms with van der Waals surface area (Å²) in [7, 11) is 0. The van der Waals surface area contributed by atoms with Crippen molar-refractivity contribution in [3.05, 3.63) is 38.0 Å². The van der Waals surface area contributed by atoms with Gasteiger partial charge in [0.15, 0.2) is 4.77 Å². The number of hydrogen-bond acceptors (Lipinski definition) is 2. The highest BCUT2D eigenvalue weighted by Gasteiger charge is 2.19. The van der Waals surface area contributed by atoms with Gasteiger partial charge in [0.2, 0.25) is 0 Å². The highest BCUT2D eigenvalue weighted by atomic mass is 32.1. The lowest BCUT2D eigenvalue weighted by Gasteiger charge is -2.20. The number of nitrogens with one attached hydrogen (secondary N) is 1. The van der Waals surface area contributed by atoms with Crippen LogP contribution in [0.15, 0.2) is 12.3 Å². The van der Waals surface area contributed by atoms with Crippen LogP contribution in [0.25, 0.3) is 0 Å². The fourth-order valence-electron chi connectivity index (χ4n) is 2.06. The third kappa shape index (κ3) is 2.59. The highest BCUT2D eigenvalue weighted by molar-refractivity contribution is 7.71. The van der Waals surface area contributed by atoms with Crippen molar-refractivity contribution in [3.8, 4) is 0 Å². The summed E-state index contributed by atoms with van der Waals surface area (Å²) in [5.41, 5.74) is 2.74.